The molecule has 6 nitrogen and oxygen atoms in total. The Hall–Kier alpha value is -2.37. The van der Waals surface area contributed by atoms with Crippen molar-refractivity contribution in [2.24, 2.45) is 0 Å². The molecule has 3 aromatic rings. The van der Waals surface area contributed by atoms with Crippen LogP contribution >= 0.6 is 0 Å². The van der Waals surface area contributed by atoms with Crippen LogP contribution in [0.2, 0.25) is 0 Å². The summed E-state index contributed by atoms with van der Waals surface area (Å²) in [6.07, 6.45) is 7.30. The summed E-state index contributed by atoms with van der Waals surface area (Å²) in [5, 5.41) is 10.3. The molecule has 0 unspecified atom stereocenters. The minimum absolute atomic E-state index is 0.446. The molecular formula is C9H5N4O2. The molecule has 0 aliphatic rings. The van der Waals surface area contributed by atoms with E-state index in [2.05, 4.69) is 26.5 Å². The summed E-state index contributed by atoms with van der Waals surface area (Å²) in [6, 6.07) is 1.72. The molecule has 0 fully saturated rings. The van der Waals surface area contributed by atoms with Gasteiger partial charge in [-0.3, -0.25) is 5.10 Å². The Morgan fingerprint density at radius 1 is 1.33 bits per heavy atom. The predicted molar refractivity (Wildman–Crippen MR) is 48.4 cm³/mol. The zero-order valence-corrected chi connectivity index (χ0v) is 7.47. The van der Waals surface area contributed by atoms with Gasteiger partial charge >= 0.3 is 0 Å². The van der Waals surface area contributed by atoms with Gasteiger partial charge in [0, 0.05) is 6.07 Å². The number of rotatable bonds is 2. The Kier molecular flexibility index (Phi) is 1.64. The normalized spacial score (nSPS) is 10.7. The summed E-state index contributed by atoms with van der Waals surface area (Å²) in [5.74, 6) is 0.446. The maximum absolute atomic E-state index is 5.16. The molecule has 0 bridgehead atoms. The van der Waals surface area contributed by atoms with Gasteiger partial charge in [-0.25, -0.2) is 4.98 Å². The molecule has 0 spiro atoms. The summed E-state index contributed by atoms with van der Waals surface area (Å²) >= 11 is 0. The van der Waals surface area contributed by atoms with Gasteiger partial charge in [0.25, 0.3) is 0 Å². The second-order valence-electron chi connectivity index (χ2n) is 2.81. The van der Waals surface area contributed by atoms with Crippen LogP contribution < -0.4 is 0 Å². The number of aromatic nitrogens is 4. The number of hydrogen-bond acceptors (Lipinski definition) is 5. The molecule has 0 aliphatic heterocycles. The van der Waals surface area contributed by atoms with Crippen molar-refractivity contribution in [1.82, 2.24) is 20.3 Å². The van der Waals surface area contributed by atoms with E-state index in [4.69, 9.17) is 8.94 Å². The van der Waals surface area contributed by atoms with Crippen LogP contribution in [0.5, 0.6) is 0 Å². The van der Waals surface area contributed by atoms with E-state index >= 15 is 0 Å². The number of H-pyrrole nitrogens is 1. The SMILES string of the molecule is [c]1n[nH]c(-c2ncco2)c1-c1ccon1. The van der Waals surface area contributed by atoms with Crippen molar-refractivity contribution in [2.45, 2.75) is 0 Å². The highest BCUT2D eigenvalue weighted by atomic mass is 16.5. The van der Waals surface area contributed by atoms with Gasteiger partial charge in [0.1, 0.15) is 30.1 Å². The number of nitrogens with one attached hydrogen (secondary N) is 1. The molecule has 3 rings (SSSR count). The molecule has 3 heterocycles. The van der Waals surface area contributed by atoms with E-state index in [9.17, 15) is 0 Å². The molecule has 6 heteroatoms. The zero-order valence-electron chi connectivity index (χ0n) is 7.47. The average molecular weight is 201 g/mol. The van der Waals surface area contributed by atoms with Gasteiger partial charge in [0.2, 0.25) is 5.89 Å². The van der Waals surface area contributed by atoms with Gasteiger partial charge in [-0.1, -0.05) is 5.16 Å². The van der Waals surface area contributed by atoms with Gasteiger partial charge in [-0.15, -0.1) is 0 Å². The van der Waals surface area contributed by atoms with Crippen molar-refractivity contribution in [3.05, 3.63) is 31.0 Å². The first kappa shape index (κ1) is 7.98. The second-order valence-corrected chi connectivity index (χ2v) is 2.81. The first-order valence-electron chi connectivity index (χ1n) is 4.22. The quantitative estimate of drug-likeness (QED) is 0.679. The fourth-order valence-corrected chi connectivity index (χ4v) is 1.28. The van der Waals surface area contributed by atoms with Gasteiger partial charge < -0.3 is 8.94 Å². The van der Waals surface area contributed by atoms with E-state index in [1.54, 1.807) is 12.3 Å². The Morgan fingerprint density at radius 2 is 2.33 bits per heavy atom. The lowest BCUT2D eigenvalue weighted by molar-refractivity contribution is 0.422. The van der Waals surface area contributed by atoms with Gasteiger partial charge in [0.05, 0.1) is 11.8 Å². The Bertz CT molecular complexity index is 490. The minimum Gasteiger partial charge on any atom is -0.443 e. The first-order valence-corrected chi connectivity index (χ1v) is 4.22. The first-order chi connectivity index (χ1) is 7.45. The highest BCUT2D eigenvalue weighted by Gasteiger charge is 2.15. The van der Waals surface area contributed by atoms with E-state index in [1.165, 1.54) is 12.5 Å². The molecule has 0 amide bonds. The van der Waals surface area contributed by atoms with Crippen LogP contribution in [0.4, 0.5) is 0 Å². The maximum Gasteiger partial charge on any atom is 0.245 e. The maximum atomic E-state index is 5.16. The second kappa shape index (κ2) is 3.09. The lowest BCUT2D eigenvalue weighted by atomic mass is 10.2. The van der Waals surface area contributed by atoms with E-state index in [-0.39, 0.29) is 0 Å². The molecular weight excluding hydrogens is 196 g/mol. The molecule has 73 valence electrons. The van der Waals surface area contributed by atoms with E-state index in [0.717, 1.165) is 0 Å². The van der Waals surface area contributed by atoms with Crippen LogP contribution in [-0.2, 0) is 0 Å². The Balaban J connectivity index is 2.15. The van der Waals surface area contributed by atoms with E-state index < -0.39 is 0 Å². The molecule has 1 radical (unpaired) electrons. The van der Waals surface area contributed by atoms with Crippen molar-refractivity contribution in [1.29, 1.82) is 0 Å². The van der Waals surface area contributed by atoms with E-state index in [1.807, 2.05) is 0 Å². The lowest BCUT2D eigenvalue weighted by Gasteiger charge is -1.92. The van der Waals surface area contributed by atoms with Crippen LogP contribution in [0.25, 0.3) is 22.8 Å². The molecule has 0 aromatic carbocycles. The summed E-state index contributed by atoms with van der Waals surface area (Å²) in [7, 11) is 0. The average Bonchev–Trinajstić information content (AvgIpc) is 3.01. The molecule has 0 atom stereocenters. The molecule has 1 N–H and O–H groups in total. The summed E-state index contributed by atoms with van der Waals surface area (Å²) < 4.78 is 9.90. The van der Waals surface area contributed by atoms with Crippen LogP contribution in [0.15, 0.2) is 33.7 Å². The highest BCUT2D eigenvalue weighted by Crippen LogP contribution is 2.26. The third-order valence-corrected chi connectivity index (χ3v) is 1.93. The van der Waals surface area contributed by atoms with Crippen LogP contribution in [0, 0.1) is 6.20 Å². The van der Waals surface area contributed by atoms with Crippen molar-refractivity contribution >= 4 is 0 Å². The summed E-state index contributed by atoms with van der Waals surface area (Å²) in [4.78, 5) is 4.01. The fourth-order valence-electron chi connectivity index (χ4n) is 1.28. The van der Waals surface area contributed by atoms with Crippen molar-refractivity contribution in [3.63, 3.8) is 0 Å². The Labute approximate surface area is 83.9 Å². The van der Waals surface area contributed by atoms with Crippen LogP contribution in [0.1, 0.15) is 0 Å². The third-order valence-electron chi connectivity index (χ3n) is 1.93. The number of oxazole rings is 1. The molecule has 0 saturated carbocycles. The minimum atomic E-state index is 0.446. The number of nitrogens with zero attached hydrogens (tertiary/aromatic N) is 3. The standard InChI is InChI=1S/C9H5N4O2/c1-3-15-13-7(1)6-5-11-12-8(6)9-10-2-4-14-9/h1-4H,(H,11,12). The number of hydrogen-bond donors (Lipinski definition) is 1. The highest BCUT2D eigenvalue weighted by molar-refractivity contribution is 5.73. The van der Waals surface area contributed by atoms with Crippen LogP contribution in [-0.4, -0.2) is 20.3 Å². The monoisotopic (exact) mass is 201 g/mol. The number of aromatic amines is 1. The van der Waals surface area contributed by atoms with Crippen molar-refractivity contribution in [2.75, 3.05) is 0 Å². The third kappa shape index (κ3) is 1.23. The molecule has 3 aromatic heterocycles. The lowest BCUT2D eigenvalue weighted by Crippen LogP contribution is -1.82. The summed E-state index contributed by atoms with van der Waals surface area (Å²) in [6.45, 7) is 0. The molecule has 15 heavy (non-hydrogen) atoms. The molecule has 0 aliphatic carbocycles. The molecule has 0 saturated heterocycles. The summed E-state index contributed by atoms with van der Waals surface area (Å²) in [5.41, 5.74) is 1.94. The van der Waals surface area contributed by atoms with Crippen molar-refractivity contribution in [3.8, 4) is 22.8 Å². The van der Waals surface area contributed by atoms with E-state index in [0.29, 0.717) is 22.8 Å². The van der Waals surface area contributed by atoms with Gasteiger partial charge in [-0.05, 0) is 0 Å². The largest absolute Gasteiger partial charge is 0.443 e. The van der Waals surface area contributed by atoms with Gasteiger partial charge in [0.15, 0.2) is 0 Å². The van der Waals surface area contributed by atoms with Crippen LogP contribution in [0.3, 0.4) is 0 Å². The fraction of sp³-hybridized carbons (Fsp3) is 0. The topological polar surface area (TPSA) is 80.7 Å². The zero-order chi connectivity index (χ0) is 10.1. The Morgan fingerprint density at radius 3 is 3.07 bits per heavy atom. The smallest absolute Gasteiger partial charge is 0.245 e. The van der Waals surface area contributed by atoms with Crippen molar-refractivity contribution < 1.29 is 8.94 Å². The predicted octanol–water partition coefficient (Wildman–Crippen LogP) is 1.52. The van der Waals surface area contributed by atoms with Gasteiger partial charge in [-0.2, -0.15) is 5.10 Å².